The van der Waals surface area contributed by atoms with Crippen LogP contribution < -0.4 is 0 Å². The molecule has 0 saturated heterocycles. The third-order valence-electron chi connectivity index (χ3n) is 0.816. The summed E-state index contributed by atoms with van der Waals surface area (Å²) in [6.07, 6.45) is 1.17. The molecule has 0 fully saturated rings. The summed E-state index contributed by atoms with van der Waals surface area (Å²) >= 11 is 0. The van der Waals surface area contributed by atoms with Gasteiger partial charge in [-0.05, 0) is 6.92 Å². The molecule has 0 heterocycles. The number of nitriles is 1. The highest BCUT2D eigenvalue weighted by molar-refractivity contribution is 5.81. The molecule has 0 rings (SSSR count). The molecule has 1 atom stereocenters. The zero-order valence-electron chi connectivity index (χ0n) is 7.77. The second-order valence-electron chi connectivity index (χ2n) is 1.95. The number of carboxylic acid groups (broad SMARTS) is 1. The Morgan fingerprint density at radius 3 is 2.14 bits per heavy atom. The van der Waals surface area contributed by atoms with Gasteiger partial charge in [-0.25, -0.2) is 9.59 Å². The second-order valence-corrected chi connectivity index (χ2v) is 1.95. The minimum absolute atomic E-state index is 0.566. The number of nitrogens with zero attached hydrogens (tertiary/aromatic N) is 1. The molecule has 0 bridgehead atoms. The summed E-state index contributed by atoms with van der Waals surface area (Å²) in [5, 5.41) is 15.7. The van der Waals surface area contributed by atoms with Crippen LogP contribution in [0, 0.1) is 11.3 Å². The normalized spacial score (nSPS) is 9.43. The van der Waals surface area contributed by atoms with Gasteiger partial charge in [0, 0.05) is 12.2 Å². The molecule has 5 heteroatoms. The van der Waals surface area contributed by atoms with Gasteiger partial charge >= 0.3 is 11.9 Å². The molecule has 0 radical (unpaired) electrons. The van der Waals surface area contributed by atoms with Crippen molar-refractivity contribution in [2.24, 2.45) is 0 Å². The van der Waals surface area contributed by atoms with Crippen LogP contribution in [-0.4, -0.2) is 23.1 Å². The van der Waals surface area contributed by atoms with Crippen molar-refractivity contribution in [2.45, 2.75) is 13.0 Å². The van der Waals surface area contributed by atoms with Crippen molar-refractivity contribution >= 4 is 11.9 Å². The topological polar surface area (TPSA) is 87.4 Å². The molecule has 0 aliphatic heterocycles. The average Bonchev–Trinajstić information content (AvgIpc) is 2.18. The van der Waals surface area contributed by atoms with Crippen LogP contribution in [0.4, 0.5) is 0 Å². The SMILES string of the molecule is C=CC(=O)O.C=CC(=O)OC(C)C#N. The number of carbonyl (C=O) groups excluding carboxylic acids is 1. The van der Waals surface area contributed by atoms with E-state index < -0.39 is 18.0 Å². The molecule has 0 spiro atoms. The standard InChI is InChI=1S/C6H7NO2.C3H4O2/c1-3-6(8)9-5(2)4-7;1-2-3(4)5/h3,5H,1H2,2H3;2H,1H2,(H,4,5). The van der Waals surface area contributed by atoms with Crippen LogP contribution in [0.25, 0.3) is 0 Å². The molecule has 0 aromatic carbocycles. The molecule has 14 heavy (non-hydrogen) atoms. The van der Waals surface area contributed by atoms with Crippen molar-refractivity contribution in [3.63, 3.8) is 0 Å². The van der Waals surface area contributed by atoms with Gasteiger partial charge in [-0.15, -0.1) is 0 Å². The number of aliphatic carboxylic acids is 1. The van der Waals surface area contributed by atoms with E-state index in [0.717, 1.165) is 12.2 Å². The van der Waals surface area contributed by atoms with Crippen LogP contribution in [0.2, 0.25) is 0 Å². The number of hydrogen-bond donors (Lipinski definition) is 1. The monoisotopic (exact) mass is 197 g/mol. The third kappa shape index (κ3) is 12.6. The van der Waals surface area contributed by atoms with Crippen molar-refractivity contribution in [3.05, 3.63) is 25.3 Å². The predicted molar refractivity (Wildman–Crippen MR) is 49.2 cm³/mol. The molecule has 0 amide bonds. The fraction of sp³-hybridized carbons (Fsp3) is 0.222. The van der Waals surface area contributed by atoms with Crippen molar-refractivity contribution < 1.29 is 19.4 Å². The van der Waals surface area contributed by atoms with Gasteiger partial charge in [0.05, 0.1) is 0 Å². The molecule has 1 unspecified atom stereocenters. The molecular weight excluding hydrogens is 186 g/mol. The highest BCUT2D eigenvalue weighted by atomic mass is 16.5. The van der Waals surface area contributed by atoms with E-state index in [1.54, 1.807) is 6.07 Å². The minimum Gasteiger partial charge on any atom is -0.478 e. The lowest BCUT2D eigenvalue weighted by molar-refractivity contribution is -0.139. The van der Waals surface area contributed by atoms with Gasteiger partial charge in [0.1, 0.15) is 6.07 Å². The van der Waals surface area contributed by atoms with E-state index in [2.05, 4.69) is 17.9 Å². The van der Waals surface area contributed by atoms with Crippen LogP contribution in [-0.2, 0) is 14.3 Å². The lowest BCUT2D eigenvalue weighted by atomic mass is 10.4. The maximum Gasteiger partial charge on any atom is 0.331 e. The number of rotatable bonds is 3. The lowest BCUT2D eigenvalue weighted by Crippen LogP contribution is -2.09. The Balaban J connectivity index is 0. The molecule has 1 N–H and O–H groups in total. The van der Waals surface area contributed by atoms with Gasteiger partial charge < -0.3 is 9.84 Å². The molecule has 0 aliphatic rings. The highest BCUT2D eigenvalue weighted by Gasteiger charge is 2.01. The first kappa shape index (κ1) is 14.4. The fourth-order valence-corrected chi connectivity index (χ4v) is 0.249. The number of hydrogen-bond acceptors (Lipinski definition) is 4. The molecule has 0 saturated carbocycles. The maximum absolute atomic E-state index is 10.3. The molecule has 76 valence electrons. The van der Waals surface area contributed by atoms with E-state index in [0.29, 0.717) is 0 Å². The summed E-state index contributed by atoms with van der Waals surface area (Å²) in [7, 11) is 0. The number of ether oxygens (including phenoxy) is 1. The van der Waals surface area contributed by atoms with Gasteiger partial charge in [0.25, 0.3) is 0 Å². The number of carbonyl (C=O) groups is 2. The summed E-state index contributed by atoms with van der Waals surface area (Å²) in [5.41, 5.74) is 0. The largest absolute Gasteiger partial charge is 0.478 e. The first-order chi connectivity index (χ1) is 6.47. The van der Waals surface area contributed by atoms with Gasteiger partial charge in [0.15, 0.2) is 6.10 Å². The van der Waals surface area contributed by atoms with Gasteiger partial charge in [-0.2, -0.15) is 5.26 Å². The van der Waals surface area contributed by atoms with E-state index in [1.165, 1.54) is 6.92 Å². The Morgan fingerprint density at radius 2 is 1.93 bits per heavy atom. The van der Waals surface area contributed by atoms with Crippen LogP contribution in [0.3, 0.4) is 0 Å². The Kier molecular flexibility index (Phi) is 9.28. The quantitative estimate of drug-likeness (QED) is 0.536. The smallest absolute Gasteiger partial charge is 0.331 e. The predicted octanol–water partition coefficient (Wildman–Crippen LogP) is 0.885. The molecule has 0 aromatic rings. The van der Waals surface area contributed by atoms with Crippen molar-refractivity contribution in [1.82, 2.24) is 0 Å². The van der Waals surface area contributed by atoms with Crippen LogP contribution in [0.5, 0.6) is 0 Å². The summed E-state index contributed by atoms with van der Waals surface area (Å²) in [6, 6.07) is 1.74. The average molecular weight is 197 g/mol. The first-order valence-corrected chi connectivity index (χ1v) is 3.56. The highest BCUT2D eigenvalue weighted by Crippen LogP contribution is 1.87. The van der Waals surface area contributed by atoms with Crippen molar-refractivity contribution in [3.8, 4) is 6.07 Å². The second kappa shape index (κ2) is 9.00. The van der Waals surface area contributed by atoms with Crippen molar-refractivity contribution in [1.29, 1.82) is 5.26 Å². The molecule has 5 nitrogen and oxygen atoms in total. The summed E-state index contributed by atoms with van der Waals surface area (Å²) in [5.74, 6) is -1.55. The molecule has 0 aromatic heterocycles. The summed E-state index contributed by atoms with van der Waals surface area (Å²) in [4.78, 5) is 19.5. The van der Waals surface area contributed by atoms with Gasteiger partial charge in [0.2, 0.25) is 0 Å². The van der Waals surface area contributed by atoms with E-state index in [-0.39, 0.29) is 0 Å². The van der Waals surface area contributed by atoms with E-state index in [4.69, 9.17) is 10.4 Å². The molecular formula is C9H11NO4. The van der Waals surface area contributed by atoms with E-state index in [1.807, 2.05) is 0 Å². The molecule has 0 aliphatic carbocycles. The first-order valence-electron chi connectivity index (χ1n) is 3.56. The number of carboxylic acids is 1. The van der Waals surface area contributed by atoms with Gasteiger partial charge in [-0.3, -0.25) is 0 Å². The van der Waals surface area contributed by atoms with E-state index >= 15 is 0 Å². The van der Waals surface area contributed by atoms with E-state index in [9.17, 15) is 9.59 Å². The summed E-state index contributed by atoms with van der Waals surface area (Å²) < 4.78 is 4.43. The van der Waals surface area contributed by atoms with Gasteiger partial charge in [-0.1, -0.05) is 13.2 Å². The van der Waals surface area contributed by atoms with Crippen LogP contribution in [0.15, 0.2) is 25.3 Å². The zero-order valence-corrected chi connectivity index (χ0v) is 7.77. The third-order valence-corrected chi connectivity index (χ3v) is 0.816. The van der Waals surface area contributed by atoms with Crippen LogP contribution >= 0.6 is 0 Å². The fourth-order valence-electron chi connectivity index (χ4n) is 0.249. The number of esters is 1. The van der Waals surface area contributed by atoms with Crippen molar-refractivity contribution in [2.75, 3.05) is 0 Å². The zero-order chi connectivity index (χ0) is 11.6. The Morgan fingerprint density at radius 1 is 1.50 bits per heavy atom. The summed E-state index contributed by atoms with van der Waals surface area (Å²) in [6.45, 7) is 7.61. The maximum atomic E-state index is 10.3. The lowest BCUT2D eigenvalue weighted by Gasteiger charge is -1.99. The Labute approximate surface area is 81.9 Å². The van der Waals surface area contributed by atoms with Crippen LogP contribution in [0.1, 0.15) is 6.92 Å². The Bertz CT molecular complexity index is 264. The minimum atomic E-state index is -0.981. The Hall–Kier alpha value is -2.09.